The molecule has 0 aliphatic carbocycles. The van der Waals surface area contributed by atoms with E-state index in [0.717, 1.165) is 24.8 Å². The third-order valence-corrected chi connectivity index (χ3v) is 5.15. The van der Waals surface area contributed by atoms with Crippen LogP contribution in [0.5, 0.6) is 0 Å². The fraction of sp³-hybridized carbons (Fsp3) is 0.538. The fourth-order valence-corrected chi connectivity index (χ4v) is 4.29. The molecule has 3 unspecified atom stereocenters. The second-order valence-electron chi connectivity index (χ2n) is 5.33. The Bertz CT molecular complexity index is 556. The molecule has 0 aromatic heterocycles. The van der Waals surface area contributed by atoms with E-state index in [4.69, 9.17) is 10.5 Å². The van der Waals surface area contributed by atoms with Gasteiger partial charge in [0.15, 0.2) is 0 Å². The van der Waals surface area contributed by atoms with Crippen LogP contribution in [0.25, 0.3) is 0 Å². The molecule has 0 spiro atoms. The number of nitrogen functional groups attached to an aromatic ring is 1. The van der Waals surface area contributed by atoms with Crippen molar-refractivity contribution in [3.05, 3.63) is 29.8 Å². The number of rotatable bonds is 4. The van der Waals surface area contributed by atoms with Crippen LogP contribution in [-0.4, -0.2) is 26.7 Å². The van der Waals surface area contributed by atoms with Gasteiger partial charge in [0.2, 0.25) is 10.0 Å². The molecule has 0 radical (unpaired) electrons. The van der Waals surface area contributed by atoms with Gasteiger partial charge in [-0.25, -0.2) is 13.1 Å². The number of hydrogen-bond donors (Lipinski definition) is 2. The van der Waals surface area contributed by atoms with Crippen LogP contribution in [0.2, 0.25) is 0 Å². The maximum absolute atomic E-state index is 12.1. The maximum atomic E-state index is 12.1. The Morgan fingerprint density at radius 3 is 2.58 bits per heavy atom. The molecule has 1 aromatic carbocycles. The first-order valence-corrected chi connectivity index (χ1v) is 8.17. The van der Waals surface area contributed by atoms with Gasteiger partial charge in [0.05, 0.1) is 24.0 Å². The molecule has 2 saturated heterocycles. The second kappa shape index (κ2) is 4.77. The topological polar surface area (TPSA) is 81.4 Å². The van der Waals surface area contributed by atoms with Crippen molar-refractivity contribution < 1.29 is 13.2 Å². The van der Waals surface area contributed by atoms with Gasteiger partial charge in [-0.15, -0.1) is 0 Å². The minimum absolute atomic E-state index is 0.0127. The molecule has 3 N–H and O–H groups in total. The number of hydrogen-bond acceptors (Lipinski definition) is 4. The lowest BCUT2D eigenvalue weighted by Gasteiger charge is -2.19. The van der Waals surface area contributed by atoms with Gasteiger partial charge in [-0.05, 0) is 37.0 Å². The van der Waals surface area contributed by atoms with Gasteiger partial charge >= 0.3 is 0 Å². The molecule has 2 bridgehead atoms. The van der Waals surface area contributed by atoms with Gasteiger partial charge in [-0.2, -0.15) is 0 Å². The summed E-state index contributed by atoms with van der Waals surface area (Å²) >= 11 is 0. The number of benzene rings is 1. The van der Waals surface area contributed by atoms with Crippen molar-refractivity contribution >= 4 is 15.7 Å². The summed E-state index contributed by atoms with van der Waals surface area (Å²) in [6.07, 6.45) is 3.12. The minimum Gasteiger partial charge on any atom is -0.399 e. The van der Waals surface area contributed by atoms with Crippen LogP contribution in [0.3, 0.4) is 0 Å². The van der Waals surface area contributed by atoms with Crippen molar-refractivity contribution in [2.75, 3.05) is 5.73 Å². The molecule has 3 atom stereocenters. The summed E-state index contributed by atoms with van der Waals surface area (Å²) in [7, 11) is -3.32. The predicted molar refractivity (Wildman–Crippen MR) is 72.9 cm³/mol. The fourth-order valence-electron chi connectivity index (χ4n) is 2.87. The summed E-state index contributed by atoms with van der Waals surface area (Å²) in [5.41, 5.74) is 6.96. The van der Waals surface area contributed by atoms with E-state index in [1.807, 2.05) is 0 Å². The summed E-state index contributed by atoms with van der Waals surface area (Å²) < 4.78 is 32.7. The van der Waals surface area contributed by atoms with Gasteiger partial charge in [-0.1, -0.05) is 12.1 Å². The standard InChI is InChI=1S/C13H18N2O3S/c14-10-3-1-9(2-4-10)8-19(16,17)15-12-7-11-5-6-13(12)18-11/h1-4,11-13,15H,5-8,14H2. The molecule has 104 valence electrons. The summed E-state index contributed by atoms with van der Waals surface area (Å²) in [4.78, 5) is 0. The van der Waals surface area contributed by atoms with Crippen molar-refractivity contribution in [2.45, 2.75) is 43.3 Å². The largest absolute Gasteiger partial charge is 0.399 e. The molecule has 2 aliphatic rings. The van der Waals surface area contributed by atoms with E-state index in [0.29, 0.717) is 5.69 Å². The molecular formula is C13H18N2O3S. The van der Waals surface area contributed by atoms with E-state index < -0.39 is 10.0 Å². The number of ether oxygens (including phenoxy) is 1. The van der Waals surface area contributed by atoms with E-state index in [9.17, 15) is 8.42 Å². The van der Waals surface area contributed by atoms with Crippen LogP contribution in [0, 0.1) is 0 Å². The lowest BCUT2D eigenvalue weighted by Crippen LogP contribution is -2.41. The SMILES string of the molecule is Nc1ccc(CS(=O)(=O)NC2CC3CCC2O3)cc1. The monoisotopic (exact) mass is 282 g/mol. The zero-order valence-corrected chi connectivity index (χ0v) is 11.4. The highest BCUT2D eigenvalue weighted by Crippen LogP contribution is 2.34. The van der Waals surface area contributed by atoms with E-state index in [1.165, 1.54) is 0 Å². The quantitative estimate of drug-likeness (QED) is 0.808. The van der Waals surface area contributed by atoms with Gasteiger partial charge in [0.1, 0.15) is 0 Å². The molecule has 2 aliphatic heterocycles. The van der Waals surface area contributed by atoms with Crippen molar-refractivity contribution in [1.29, 1.82) is 0 Å². The van der Waals surface area contributed by atoms with Crippen molar-refractivity contribution in [3.8, 4) is 0 Å². The van der Waals surface area contributed by atoms with Crippen LogP contribution < -0.4 is 10.5 Å². The highest BCUT2D eigenvalue weighted by atomic mass is 32.2. The van der Waals surface area contributed by atoms with Crippen molar-refractivity contribution in [2.24, 2.45) is 0 Å². The average molecular weight is 282 g/mol. The Hall–Kier alpha value is -1.11. The zero-order valence-electron chi connectivity index (χ0n) is 10.6. The van der Waals surface area contributed by atoms with Gasteiger partial charge in [0, 0.05) is 5.69 Å². The first-order chi connectivity index (χ1) is 9.02. The van der Waals surface area contributed by atoms with Crippen LogP contribution in [-0.2, 0) is 20.5 Å². The zero-order chi connectivity index (χ0) is 13.5. The highest BCUT2D eigenvalue weighted by molar-refractivity contribution is 7.88. The Morgan fingerprint density at radius 1 is 1.26 bits per heavy atom. The Morgan fingerprint density at radius 2 is 2.00 bits per heavy atom. The normalized spacial score (nSPS) is 29.8. The summed E-state index contributed by atoms with van der Waals surface area (Å²) in [5.74, 6) is -0.0127. The number of nitrogens with one attached hydrogen (secondary N) is 1. The molecule has 2 heterocycles. The molecule has 1 aromatic rings. The Balaban J connectivity index is 1.64. The third kappa shape index (κ3) is 2.91. The summed E-state index contributed by atoms with van der Waals surface area (Å²) in [5, 5.41) is 0. The summed E-state index contributed by atoms with van der Waals surface area (Å²) in [6, 6.07) is 6.85. The number of fused-ring (bicyclic) bond motifs is 2. The van der Waals surface area contributed by atoms with Gasteiger partial charge in [-0.3, -0.25) is 0 Å². The molecule has 0 amide bonds. The van der Waals surface area contributed by atoms with Crippen LogP contribution >= 0.6 is 0 Å². The van der Waals surface area contributed by atoms with Crippen LogP contribution in [0.1, 0.15) is 24.8 Å². The third-order valence-electron chi connectivity index (χ3n) is 3.77. The first kappa shape index (κ1) is 12.9. The highest BCUT2D eigenvalue weighted by Gasteiger charge is 2.42. The van der Waals surface area contributed by atoms with E-state index >= 15 is 0 Å². The number of nitrogens with two attached hydrogens (primary N) is 1. The average Bonchev–Trinajstić information content (AvgIpc) is 2.93. The van der Waals surface area contributed by atoms with E-state index in [-0.39, 0.29) is 24.0 Å². The first-order valence-electron chi connectivity index (χ1n) is 6.52. The second-order valence-corrected chi connectivity index (χ2v) is 7.09. The van der Waals surface area contributed by atoms with Crippen LogP contribution in [0.4, 0.5) is 5.69 Å². The molecule has 2 fully saturated rings. The maximum Gasteiger partial charge on any atom is 0.216 e. The Kier molecular flexibility index (Phi) is 3.24. The van der Waals surface area contributed by atoms with Crippen molar-refractivity contribution in [3.63, 3.8) is 0 Å². The van der Waals surface area contributed by atoms with Crippen LogP contribution in [0.15, 0.2) is 24.3 Å². The molecule has 19 heavy (non-hydrogen) atoms. The lowest BCUT2D eigenvalue weighted by atomic mass is 9.96. The smallest absolute Gasteiger partial charge is 0.216 e. The predicted octanol–water partition coefficient (Wildman–Crippen LogP) is 1.01. The number of anilines is 1. The molecule has 6 heteroatoms. The molecule has 3 rings (SSSR count). The van der Waals surface area contributed by atoms with Crippen molar-refractivity contribution in [1.82, 2.24) is 4.72 Å². The van der Waals surface area contributed by atoms with Gasteiger partial charge < -0.3 is 10.5 Å². The van der Waals surface area contributed by atoms with E-state index in [2.05, 4.69) is 4.72 Å². The molecular weight excluding hydrogens is 264 g/mol. The van der Waals surface area contributed by atoms with Gasteiger partial charge in [0.25, 0.3) is 0 Å². The number of sulfonamides is 1. The van der Waals surface area contributed by atoms with E-state index in [1.54, 1.807) is 24.3 Å². The minimum atomic E-state index is -3.32. The lowest BCUT2D eigenvalue weighted by molar-refractivity contribution is 0.0996. The summed E-state index contributed by atoms with van der Waals surface area (Å²) in [6.45, 7) is 0. The Labute approximate surface area is 113 Å². The molecule has 0 saturated carbocycles. The molecule has 5 nitrogen and oxygen atoms in total.